The van der Waals surface area contributed by atoms with Crippen LogP contribution in [0.5, 0.6) is 11.5 Å². The molecule has 2 rings (SSSR count). The third-order valence-corrected chi connectivity index (χ3v) is 4.55. The minimum absolute atomic E-state index is 0.0644. The molecular weight excluding hydrogens is 294 g/mol. The Hall–Kier alpha value is -2.35. The van der Waals surface area contributed by atoms with E-state index < -0.39 is 9.84 Å². The summed E-state index contributed by atoms with van der Waals surface area (Å²) in [5.41, 5.74) is 6.14. The lowest BCUT2D eigenvalue weighted by molar-refractivity contribution is 0.354. The number of methoxy groups -OCH3 is 2. The van der Waals surface area contributed by atoms with Crippen LogP contribution in [0, 0.1) is 0 Å². The normalized spacial score (nSPS) is 11.1. The van der Waals surface area contributed by atoms with Crippen molar-refractivity contribution in [1.82, 2.24) is 9.97 Å². The van der Waals surface area contributed by atoms with Crippen LogP contribution in [0.25, 0.3) is 0 Å². The van der Waals surface area contributed by atoms with E-state index in [1.54, 1.807) is 18.2 Å². The lowest BCUT2D eigenvalue weighted by atomic mass is 10.2. The molecule has 2 N–H and O–H groups in total. The number of rotatable bonds is 5. The Morgan fingerprint density at radius 1 is 1.19 bits per heavy atom. The summed E-state index contributed by atoms with van der Waals surface area (Å²) in [5, 5.41) is 0. The summed E-state index contributed by atoms with van der Waals surface area (Å²) in [6.45, 7) is 0. The molecule has 0 aliphatic rings. The van der Waals surface area contributed by atoms with Crippen molar-refractivity contribution >= 4 is 15.7 Å². The molecule has 0 atom stereocenters. The van der Waals surface area contributed by atoms with Crippen molar-refractivity contribution in [2.75, 3.05) is 20.0 Å². The second-order valence-electron chi connectivity index (χ2n) is 4.22. The van der Waals surface area contributed by atoms with Gasteiger partial charge in [0.15, 0.2) is 21.3 Å². The Morgan fingerprint density at radius 3 is 2.52 bits per heavy atom. The molecule has 0 saturated carbocycles. The van der Waals surface area contributed by atoms with Gasteiger partial charge in [0.05, 0.1) is 26.2 Å². The highest BCUT2D eigenvalue weighted by molar-refractivity contribution is 7.90. The molecule has 0 spiro atoms. The largest absolute Gasteiger partial charge is 0.493 e. The second-order valence-corrected chi connectivity index (χ2v) is 6.18. The topological polar surface area (TPSA) is 104 Å². The first-order valence-corrected chi connectivity index (χ1v) is 7.62. The van der Waals surface area contributed by atoms with Crippen LogP contribution in [0.1, 0.15) is 5.56 Å². The zero-order valence-electron chi connectivity index (χ0n) is 11.6. The molecule has 0 saturated heterocycles. The number of hydrogen-bond acceptors (Lipinski definition) is 7. The molecule has 0 radical (unpaired) electrons. The molecule has 7 nitrogen and oxygen atoms in total. The minimum atomic E-state index is -3.63. The maximum atomic E-state index is 12.3. The predicted octanol–water partition coefficient (Wildman–Crippen LogP) is 1.05. The number of nitrogens with two attached hydrogens (primary N) is 1. The summed E-state index contributed by atoms with van der Waals surface area (Å²) in [5.74, 6) is 0.694. The molecule has 0 bridgehead atoms. The van der Waals surface area contributed by atoms with Gasteiger partial charge in [0.1, 0.15) is 17.0 Å². The summed E-state index contributed by atoms with van der Waals surface area (Å²) in [4.78, 5) is 7.31. The van der Waals surface area contributed by atoms with E-state index in [1.165, 1.54) is 26.7 Å². The van der Waals surface area contributed by atoms with Crippen LogP contribution in [0.3, 0.4) is 0 Å². The van der Waals surface area contributed by atoms with Gasteiger partial charge >= 0.3 is 0 Å². The van der Waals surface area contributed by atoms with E-state index in [0.29, 0.717) is 17.1 Å². The number of anilines is 1. The van der Waals surface area contributed by atoms with E-state index in [1.807, 2.05) is 0 Å². The summed E-state index contributed by atoms with van der Waals surface area (Å²) < 4.78 is 35.0. The van der Waals surface area contributed by atoms with Gasteiger partial charge in [0, 0.05) is 0 Å². The van der Waals surface area contributed by atoms with Crippen molar-refractivity contribution < 1.29 is 17.9 Å². The molecule has 1 aromatic carbocycles. The number of benzene rings is 1. The van der Waals surface area contributed by atoms with E-state index >= 15 is 0 Å². The maximum Gasteiger partial charge on any atom is 0.187 e. The summed E-state index contributed by atoms with van der Waals surface area (Å²) in [6, 6.07) is 4.91. The first kappa shape index (κ1) is 15.0. The Morgan fingerprint density at radius 2 is 1.90 bits per heavy atom. The second kappa shape index (κ2) is 5.96. The molecular formula is C13H15N3O4S. The number of nitrogen functional groups attached to an aromatic ring is 1. The fourth-order valence-electron chi connectivity index (χ4n) is 1.83. The number of sulfone groups is 1. The molecule has 0 fully saturated rings. The zero-order valence-corrected chi connectivity index (χ0v) is 12.4. The summed E-state index contributed by atoms with van der Waals surface area (Å²) in [6.07, 6.45) is 2.39. The van der Waals surface area contributed by atoms with Crippen molar-refractivity contribution in [2.24, 2.45) is 0 Å². The van der Waals surface area contributed by atoms with Crippen molar-refractivity contribution in [3.63, 3.8) is 0 Å². The van der Waals surface area contributed by atoms with Crippen LogP contribution < -0.4 is 15.2 Å². The average molecular weight is 309 g/mol. The molecule has 1 heterocycles. The Labute approximate surface area is 122 Å². The standard InChI is InChI=1S/C13H15N3O4S/c1-19-10-4-3-9(5-11(10)20-2)7-21(17,18)12-6-15-8-16-13(12)14/h3-6,8H,7H2,1-2H3,(H2,14,15,16). The smallest absolute Gasteiger partial charge is 0.187 e. The Kier molecular flexibility index (Phi) is 4.27. The SMILES string of the molecule is COc1ccc(CS(=O)(=O)c2cncnc2N)cc1OC. The van der Waals surface area contributed by atoms with Crippen molar-refractivity contribution in [2.45, 2.75) is 10.6 Å². The van der Waals surface area contributed by atoms with Crippen LogP contribution in [-0.4, -0.2) is 32.6 Å². The molecule has 2 aromatic rings. The lowest BCUT2D eigenvalue weighted by Gasteiger charge is -2.10. The quantitative estimate of drug-likeness (QED) is 0.880. The highest BCUT2D eigenvalue weighted by atomic mass is 32.2. The highest BCUT2D eigenvalue weighted by Crippen LogP contribution is 2.29. The van der Waals surface area contributed by atoms with Gasteiger partial charge in [-0.05, 0) is 17.7 Å². The Bertz CT molecular complexity index is 747. The van der Waals surface area contributed by atoms with E-state index in [0.717, 1.165) is 0 Å². The van der Waals surface area contributed by atoms with Crippen LogP contribution >= 0.6 is 0 Å². The van der Waals surface area contributed by atoms with Gasteiger partial charge in [-0.3, -0.25) is 0 Å². The van der Waals surface area contributed by atoms with Gasteiger partial charge in [0.25, 0.3) is 0 Å². The van der Waals surface area contributed by atoms with Gasteiger partial charge in [-0.2, -0.15) is 0 Å². The third-order valence-electron chi connectivity index (χ3n) is 2.85. The maximum absolute atomic E-state index is 12.3. The van der Waals surface area contributed by atoms with Crippen LogP contribution in [0.15, 0.2) is 35.6 Å². The lowest BCUT2D eigenvalue weighted by Crippen LogP contribution is -2.09. The van der Waals surface area contributed by atoms with Gasteiger partial charge < -0.3 is 15.2 Å². The van der Waals surface area contributed by atoms with E-state index in [4.69, 9.17) is 15.2 Å². The van der Waals surface area contributed by atoms with Crippen molar-refractivity contribution in [3.8, 4) is 11.5 Å². The van der Waals surface area contributed by atoms with Gasteiger partial charge in [-0.1, -0.05) is 6.07 Å². The summed E-state index contributed by atoms with van der Waals surface area (Å²) in [7, 11) is -0.639. The fraction of sp³-hybridized carbons (Fsp3) is 0.231. The van der Waals surface area contributed by atoms with Crippen LogP contribution in [0.4, 0.5) is 5.82 Å². The fourth-order valence-corrected chi connectivity index (χ4v) is 3.20. The average Bonchev–Trinajstić information content (AvgIpc) is 2.47. The van der Waals surface area contributed by atoms with Crippen molar-refractivity contribution in [3.05, 3.63) is 36.3 Å². The number of nitrogens with zero attached hydrogens (tertiary/aromatic N) is 2. The number of aromatic nitrogens is 2. The molecule has 0 aliphatic carbocycles. The first-order valence-electron chi connectivity index (χ1n) is 5.97. The van der Waals surface area contributed by atoms with E-state index in [9.17, 15) is 8.42 Å². The number of hydrogen-bond donors (Lipinski definition) is 1. The van der Waals surface area contributed by atoms with Gasteiger partial charge in [-0.15, -0.1) is 0 Å². The molecule has 0 unspecified atom stereocenters. The van der Waals surface area contributed by atoms with Crippen molar-refractivity contribution in [1.29, 1.82) is 0 Å². The van der Waals surface area contributed by atoms with Gasteiger partial charge in [-0.25, -0.2) is 18.4 Å². The molecule has 0 amide bonds. The first-order chi connectivity index (χ1) is 9.97. The predicted molar refractivity (Wildman–Crippen MR) is 76.9 cm³/mol. The molecule has 112 valence electrons. The molecule has 8 heteroatoms. The third kappa shape index (κ3) is 3.22. The summed E-state index contributed by atoms with van der Waals surface area (Å²) >= 11 is 0. The zero-order chi connectivity index (χ0) is 15.5. The highest BCUT2D eigenvalue weighted by Gasteiger charge is 2.20. The number of ether oxygens (including phenoxy) is 2. The molecule has 1 aromatic heterocycles. The van der Waals surface area contributed by atoms with E-state index in [-0.39, 0.29) is 16.5 Å². The molecule has 0 aliphatic heterocycles. The van der Waals surface area contributed by atoms with Crippen LogP contribution in [0.2, 0.25) is 0 Å². The van der Waals surface area contributed by atoms with Crippen LogP contribution in [-0.2, 0) is 15.6 Å². The monoisotopic (exact) mass is 309 g/mol. The minimum Gasteiger partial charge on any atom is -0.493 e. The van der Waals surface area contributed by atoms with Gasteiger partial charge in [0.2, 0.25) is 0 Å². The Balaban J connectivity index is 2.35. The molecule has 21 heavy (non-hydrogen) atoms. The van der Waals surface area contributed by atoms with E-state index in [2.05, 4.69) is 9.97 Å².